The van der Waals surface area contributed by atoms with Gasteiger partial charge in [0.15, 0.2) is 5.11 Å². The maximum absolute atomic E-state index is 5.28. The maximum Gasteiger partial charge on any atom is 0.173 e. The molecule has 0 amide bonds. The summed E-state index contributed by atoms with van der Waals surface area (Å²) in [7, 11) is 0. The number of hydrogen-bond donors (Lipinski definition) is 1. The van der Waals surface area contributed by atoms with Crippen molar-refractivity contribution in [1.29, 1.82) is 0 Å². The van der Waals surface area contributed by atoms with Gasteiger partial charge in [-0.1, -0.05) is 25.1 Å². The fourth-order valence-corrected chi connectivity index (χ4v) is 2.01. The normalized spacial score (nSPS) is 21.1. The molecule has 1 atom stereocenters. The number of rotatable bonds is 2. The largest absolute Gasteiger partial charge is 0.358 e. The van der Waals surface area contributed by atoms with Crippen LogP contribution in [0.3, 0.4) is 0 Å². The Hall–Kier alpha value is -1.09. The summed E-state index contributed by atoms with van der Waals surface area (Å²) in [6.45, 7) is 3.16. The van der Waals surface area contributed by atoms with E-state index in [0.717, 1.165) is 18.1 Å². The minimum atomic E-state index is 0.503. The molecule has 1 N–H and O–H groups in total. The second-order valence-electron chi connectivity index (χ2n) is 3.50. The van der Waals surface area contributed by atoms with Crippen molar-refractivity contribution in [2.75, 3.05) is 11.4 Å². The molecule has 0 spiro atoms. The predicted molar refractivity (Wildman–Crippen MR) is 63.6 cm³/mol. The molecule has 0 bridgehead atoms. The molecule has 14 heavy (non-hydrogen) atoms. The highest BCUT2D eigenvalue weighted by molar-refractivity contribution is 7.80. The van der Waals surface area contributed by atoms with E-state index in [-0.39, 0.29) is 0 Å². The molecule has 1 aromatic carbocycles. The van der Waals surface area contributed by atoms with E-state index in [0.29, 0.717) is 6.04 Å². The second-order valence-corrected chi connectivity index (χ2v) is 3.89. The van der Waals surface area contributed by atoms with Gasteiger partial charge >= 0.3 is 0 Å². The Kier molecular flexibility index (Phi) is 2.68. The fraction of sp³-hybridized carbons (Fsp3) is 0.364. The SMILES string of the molecule is CCC1CN(c2ccccc2)C(=S)N1. The zero-order valence-corrected chi connectivity index (χ0v) is 9.05. The summed E-state index contributed by atoms with van der Waals surface area (Å²) in [5.41, 5.74) is 1.18. The first-order chi connectivity index (χ1) is 6.81. The summed E-state index contributed by atoms with van der Waals surface area (Å²) in [6.07, 6.45) is 1.11. The van der Waals surface area contributed by atoms with E-state index in [1.807, 2.05) is 18.2 Å². The van der Waals surface area contributed by atoms with Crippen LogP contribution in [0.5, 0.6) is 0 Å². The Labute approximate surface area is 89.9 Å². The lowest BCUT2D eigenvalue weighted by molar-refractivity contribution is 0.646. The summed E-state index contributed by atoms with van der Waals surface area (Å²) in [5, 5.41) is 4.16. The third-order valence-corrected chi connectivity index (χ3v) is 2.87. The molecule has 2 nitrogen and oxygen atoms in total. The van der Waals surface area contributed by atoms with Crippen LogP contribution in [0.4, 0.5) is 5.69 Å². The third-order valence-electron chi connectivity index (χ3n) is 2.54. The summed E-state index contributed by atoms with van der Waals surface area (Å²) < 4.78 is 0. The average molecular weight is 206 g/mol. The predicted octanol–water partition coefficient (Wildman–Crippen LogP) is 2.16. The fourth-order valence-electron chi connectivity index (χ4n) is 1.66. The van der Waals surface area contributed by atoms with Crippen LogP contribution >= 0.6 is 12.2 Å². The van der Waals surface area contributed by atoms with Crippen LogP contribution in [0.1, 0.15) is 13.3 Å². The van der Waals surface area contributed by atoms with Gasteiger partial charge in [0.2, 0.25) is 0 Å². The van der Waals surface area contributed by atoms with Gasteiger partial charge in [-0.2, -0.15) is 0 Å². The summed E-state index contributed by atoms with van der Waals surface area (Å²) in [5.74, 6) is 0. The molecule has 74 valence electrons. The molecule has 1 heterocycles. The molecule has 1 unspecified atom stereocenters. The molecule has 2 rings (SSSR count). The van der Waals surface area contributed by atoms with E-state index in [9.17, 15) is 0 Å². The zero-order chi connectivity index (χ0) is 9.97. The van der Waals surface area contributed by atoms with Crippen molar-refractivity contribution in [2.24, 2.45) is 0 Å². The van der Waals surface area contributed by atoms with Gasteiger partial charge in [0.1, 0.15) is 0 Å². The Bertz CT molecular complexity index is 323. The van der Waals surface area contributed by atoms with Gasteiger partial charge in [0.05, 0.1) is 0 Å². The lowest BCUT2D eigenvalue weighted by Gasteiger charge is -2.16. The van der Waals surface area contributed by atoms with Crippen LogP contribution in [0.15, 0.2) is 30.3 Å². The van der Waals surface area contributed by atoms with Gasteiger partial charge < -0.3 is 10.2 Å². The Morgan fingerprint density at radius 1 is 1.43 bits per heavy atom. The van der Waals surface area contributed by atoms with Crippen molar-refractivity contribution in [3.05, 3.63) is 30.3 Å². The lowest BCUT2D eigenvalue weighted by Crippen LogP contribution is -2.27. The Morgan fingerprint density at radius 3 is 2.71 bits per heavy atom. The smallest absolute Gasteiger partial charge is 0.173 e. The highest BCUT2D eigenvalue weighted by Gasteiger charge is 2.24. The molecule has 1 aliphatic rings. The van der Waals surface area contributed by atoms with E-state index in [1.165, 1.54) is 5.69 Å². The number of benzene rings is 1. The van der Waals surface area contributed by atoms with Crippen molar-refractivity contribution in [3.63, 3.8) is 0 Å². The molecule has 1 fully saturated rings. The number of anilines is 1. The summed E-state index contributed by atoms with van der Waals surface area (Å²) in [4.78, 5) is 2.16. The molecule has 0 aromatic heterocycles. The standard InChI is InChI=1S/C11H14N2S/c1-2-9-8-13(11(14)12-9)10-6-4-3-5-7-10/h3-7,9H,2,8H2,1H3,(H,12,14). The van der Waals surface area contributed by atoms with Crippen LogP contribution < -0.4 is 10.2 Å². The summed E-state index contributed by atoms with van der Waals surface area (Å²) >= 11 is 5.28. The van der Waals surface area contributed by atoms with Crippen molar-refractivity contribution >= 4 is 23.0 Å². The molecule has 1 saturated heterocycles. The van der Waals surface area contributed by atoms with Gasteiger partial charge in [0.25, 0.3) is 0 Å². The maximum atomic E-state index is 5.28. The topological polar surface area (TPSA) is 15.3 Å². The van der Waals surface area contributed by atoms with Gasteiger partial charge in [0, 0.05) is 18.3 Å². The van der Waals surface area contributed by atoms with Crippen LogP contribution in [-0.2, 0) is 0 Å². The molecule has 0 radical (unpaired) electrons. The van der Waals surface area contributed by atoms with E-state index >= 15 is 0 Å². The van der Waals surface area contributed by atoms with E-state index < -0.39 is 0 Å². The molecule has 3 heteroatoms. The van der Waals surface area contributed by atoms with Crippen molar-refractivity contribution in [1.82, 2.24) is 5.32 Å². The van der Waals surface area contributed by atoms with Crippen molar-refractivity contribution in [2.45, 2.75) is 19.4 Å². The molecular formula is C11H14N2S. The number of nitrogens with one attached hydrogen (secondary N) is 1. The zero-order valence-electron chi connectivity index (χ0n) is 8.23. The average Bonchev–Trinajstić information content (AvgIpc) is 2.61. The highest BCUT2D eigenvalue weighted by atomic mass is 32.1. The first-order valence-electron chi connectivity index (χ1n) is 4.94. The minimum Gasteiger partial charge on any atom is -0.358 e. The minimum absolute atomic E-state index is 0.503. The van der Waals surface area contributed by atoms with Crippen molar-refractivity contribution < 1.29 is 0 Å². The van der Waals surface area contributed by atoms with Gasteiger partial charge in [-0.25, -0.2) is 0 Å². The Balaban J connectivity index is 2.17. The first kappa shape index (κ1) is 9.46. The second kappa shape index (κ2) is 3.96. The van der Waals surface area contributed by atoms with Gasteiger partial charge in [-0.15, -0.1) is 0 Å². The quantitative estimate of drug-likeness (QED) is 0.746. The number of hydrogen-bond acceptors (Lipinski definition) is 1. The number of nitrogens with zero attached hydrogens (tertiary/aromatic N) is 1. The molecule has 1 aliphatic heterocycles. The third kappa shape index (κ3) is 1.73. The van der Waals surface area contributed by atoms with Crippen LogP contribution in [0, 0.1) is 0 Å². The van der Waals surface area contributed by atoms with Crippen LogP contribution in [0.25, 0.3) is 0 Å². The lowest BCUT2D eigenvalue weighted by atomic mass is 10.2. The molecular weight excluding hydrogens is 192 g/mol. The van der Waals surface area contributed by atoms with Crippen LogP contribution in [-0.4, -0.2) is 17.7 Å². The van der Waals surface area contributed by atoms with E-state index in [1.54, 1.807) is 0 Å². The Morgan fingerprint density at radius 2 is 2.14 bits per heavy atom. The van der Waals surface area contributed by atoms with E-state index in [4.69, 9.17) is 12.2 Å². The number of para-hydroxylation sites is 1. The molecule has 0 aliphatic carbocycles. The highest BCUT2D eigenvalue weighted by Crippen LogP contribution is 2.18. The van der Waals surface area contributed by atoms with E-state index in [2.05, 4.69) is 29.3 Å². The van der Waals surface area contributed by atoms with Gasteiger partial charge in [-0.05, 0) is 30.8 Å². The molecule has 1 aromatic rings. The van der Waals surface area contributed by atoms with Gasteiger partial charge in [-0.3, -0.25) is 0 Å². The van der Waals surface area contributed by atoms with Crippen LogP contribution in [0.2, 0.25) is 0 Å². The van der Waals surface area contributed by atoms with Crippen molar-refractivity contribution in [3.8, 4) is 0 Å². The monoisotopic (exact) mass is 206 g/mol. The number of thiocarbonyl (C=S) groups is 1. The molecule has 0 saturated carbocycles. The first-order valence-corrected chi connectivity index (χ1v) is 5.35. The summed E-state index contributed by atoms with van der Waals surface area (Å²) in [6, 6.07) is 10.8.